The SMILES string of the molecule is CC1OC(C)c2ccccc2S1. The Balaban J connectivity index is 2.40. The van der Waals surface area contributed by atoms with Gasteiger partial charge < -0.3 is 4.74 Å². The molecule has 1 aromatic carbocycles. The Bertz CT molecular complexity index is 285. The van der Waals surface area contributed by atoms with Gasteiger partial charge in [-0.2, -0.15) is 0 Å². The van der Waals surface area contributed by atoms with Crippen molar-refractivity contribution in [3.63, 3.8) is 0 Å². The standard InChI is InChI=1S/C10H12OS/c1-7-9-5-3-4-6-10(9)12-8(2)11-7/h3-8H,1-2H3. The Morgan fingerprint density at radius 1 is 1.25 bits per heavy atom. The van der Waals surface area contributed by atoms with E-state index >= 15 is 0 Å². The van der Waals surface area contributed by atoms with Crippen LogP contribution in [0.3, 0.4) is 0 Å². The van der Waals surface area contributed by atoms with Gasteiger partial charge in [-0.1, -0.05) is 30.0 Å². The van der Waals surface area contributed by atoms with Crippen molar-refractivity contribution in [3.05, 3.63) is 29.8 Å². The van der Waals surface area contributed by atoms with E-state index in [9.17, 15) is 0 Å². The van der Waals surface area contributed by atoms with Crippen LogP contribution in [0.5, 0.6) is 0 Å². The van der Waals surface area contributed by atoms with Crippen LogP contribution in [0.25, 0.3) is 0 Å². The molecule has 0 spiro atoms. The highest BCUT2D eigenvalue weighted by atomic mass is 32.2. The Kier molecular flexibility index (Phi) is 2.11. The predicted molar refractivity (Wildman–Crippen MR) is 51.3 cm³/mol. The molecule has 0 bridgehead atoms. The van der Waals surface area contributed by atoms with Crippen molar-refractivity contribution in [2.24, 2.45) is 0 Å². The average molecular weight is 180 g/mol. The van der Waals surface area contributed by atoms with Crippen LogP contribution < -0.4 is 0 Å². The van der Waals surface area contributed by atoms with Gasteiger partial charge in [0.05, 0.1) is 6.10 Å². The lowest BCUT2D eigenvalue weighted by Gasteiger charge is -2.27. The third-order valence-corrected chi connectivity index (χ3v) is 3.11. The first kappa shape index (κ1) is 8.14. The van der Waals surface area contributed by atoms with Gasteiger partial charge in [-0.3, -0.25) is 0 Å². The van der Waals surface area contributed by atoms with E-state index in [1.165, 1.54) is 10.5 Å². The molecule has 2 heteroatoms. The van der Waals surface area contributed by atoms with E-state index in [0.29, 0.717) is 0 Å². The van der Waals surface area contributed by atoms with Gasteiger partial charge in [0.2, 0.25) is 0 Å². The minimum Gasteiger partial charge on any atom is -0.360 e. The molecular weight excluding hydrogens is 168 g/mol. The van der Waals surface area contributed by atoms with Crippen molar-refractivity contribution < 1.29 is 4.74 Å². The largest absolute Gasteiger partial charge is 0.360 e. The molecule has 12 heavy (non-hydrogen) atoms. The molecule has 2 unspecified atom stereocenters. The Morgan fingerprint density at radius 2 is 2.00 bits per heavy atom. The molecule has 0 aliphatic carbocycles. The van der Waals surface area contributed by atoms with E-state index in [-0.39, 0.29) is 11.5 Å². The summed E-state index contributed by atoms with van der Waals surface area (Å²) >= 11 is 1.79. The maximum Gasteiger partial charge on any atom is 0.105 e. The lowest BCUT2D eigenvalue weighted by Crippen LogP contribution is -2.14. The van der Waals surface area contributed by atoms with E-state index in [4.69, 9.17) is 4.74 Å². The zero-order valence-corrected chi connectivity index (χ0v) is 8.10. The Hall–Kier alpha value is -0.470. The topological polar surface area (TPSA) is 9.23 Å². The van der Waals surface area contributed by atoms with Crippen molar-refractivity contribution in [2.75, 3.05) is 0 Å². The molecule has 0 amide bonds. The summed E-state index contributed by atoms with van der Waals surface area (Å²) in [6.45, 7) is 4.20. The number of thioether (sulfide) groups is 1. The molecule has 1 heterocycles. The van der Waals surface area contributed by atoms with Gasteiger partial charge in [-0.05, 0) is 25.5 Å². The van der Waals surface area contributed by atoms with Crippen molar-refractivity contribution >= 4 is 11.8 Å². The van der Waals surface area contributed by atoms with Crippen molar-refractivity contribution in [1.82, 2.24) is 0 Å². The molecule has 2 rings (SSSR count). The zero-order valence-electron chi connectivity index (χ0n) is 7.28. The van der Waals surface area contributed by atoms with Crippen LogP contribution in [0, 0.1) is 0 Å². The molecule has 0 saturated carbocycles. The third-order valence-electron chi connectivity index (χ3n) is 2.05. The van der Waals surface area contributed by atoms with Crippen LogP contribution in [0.15, 0.2) is 29.2 Å². The number of ether oxygens (including phenoxy) is 1. The van der Waals surface area contributed by atoms with E-state index in [1.54, 1.807) is 11.8 Å². The van der Waals surface area contributed by atoms with Crippen LogP contribution in [0.4, 0.5) is 0 Å². The predicted octanol–water partition coefficient (Wildman–Crippen LogP) is 3.22. The second-order valence-electron chi connectivity index (χ2n) is 3.00. The summed E-state index contributed by atoms with van der Waals surface area (Å²) in [7, 11) is 0. The van der Waals surface area contributed by atoms with Crippen LogP contribution in [-0.4, -0.2) is 5.44 Å². The number of rotatable bonds is 0. The van der Waals surface area contributed by atoms with Crippen molar-refractivity contribution in [2.45, 2.75) is 30.3 Å². The summed E-state index contributed by atoms with van der Waals surface area (Å²) < 4.78 is 5.68. The number of hydrogen-bond acceptors (Lipinski definition) is 2. The van der Waals surface area contributed by atoms with Crippen LogP contribution >= 0.6 is 11.8 Å². The second kappa shape index (κ2) is 3.11. The van der Waals surface area contributed by atoms with Gasteiger partial charge in [0.1, 0.15) is 5.44 Å². The first-order valence-corrected chi connectivity index (χ1v) is 5.06. The molecule has 1 nitrogen and oxygen atoms in total. The maximum atomic E-state index is 5.68. The third kappa shape index (κ3) is 1.37. The molecule has 1 aromatic rings. The highest BCUT2D eigenvalue weighted by Crippen LogP contribution is 2.38. The fourth-order valence-corrected chi connectivity index (χ4v) is 2.60. The molecule has 1 aliphatic rings. The summed E-state index contributed by atoms with van der Waals surface area (Å²) in [5.41, 5.74) is 1.61. The minimum absolute atomic E-state index is 0.248. The van der Waals surface area contributed by atoms with E-state index < -0.39 is 0 Å². The van der Waals surface area contributed by atoms with E-state index in [1.807, 2.05) is 0 Å². The molecule has 0 fully saturated rings. The number of fused-ring (bicyclic) bond motifs is 1. The van der Waals surface area contributed by atoms with Gasteiger partial charge in [0.25, 0.3) is 0 Å². The fourth-order valence-electron chi connectivity index (χ4n) is 1.49. The lowest BCUT2D eigenvalue weighted by atomic mass is 10.1. The van der Waals surface area contributed by atoms with Crippen molar-refractivity contribution in [3.8, 4) is 0 Å². The molecule has 2 atom stereocenters. The van der Waals surface area contributed by atoms with Crippen LogP contribution in [-0.2, 0) is 4.74 Å². The smallest absolute Gasteiger partial charge is 0.105 e. The summed E-state index contributed by atoms with van der Waals surface area (Å²) in [5.74, 6) is 0. The molecule has 1 aliphatic heterocycles. The number of hydrogen-bond donors (Lipinski definition) is 0. The second-order valence-corrected chi connectivity index (χ2v) is 4.34. The first-order chi connectivity index (χ1) is 5.77. The van der Waals surface area contributed by atoms with Crippen molar-refractivity contribution in [1.29, 1.82) is 0 Å². The van der Waals surface area contributed by atoms with Gasteiger partial charge in [-0.25, -0.2) is 0 Å². The molecule has 0 aromatic heterocycles. The normalized spacial score (nSPS) is 28.2. The Morgan fingerprint density at radius 3 is 2.83 bits per heavy atom. The molecule has 64 valence electrons. The highest BCUT2D eigenvalue weighted by Gasteiger charge is 2.21. The number of benzene rings is 1. The molecule has 0 radical (unpaired) electrons. The lowest BCUT2D eigenvalue weighted by molar-refractivity contribution is 0.0492. The average Bonchev–Trinajstić information content (AvgIpc) is 2.04. The maximum absolute atomic E-state index is 5.68. The van der Waals surface area contributed by atoms with Gasteiger partial charge in [-0.15, -0.1) is 0 Å². The van der Waals surface area contributed by atoms with Gasteiger partial charge in [0, 0.05) is 4.90 Å². The molecule has 0 saturated heterocycles. The Labute approximate surface area is 77.1 Å². The first-order valence-electron chi connectivity index (χ1n) is 4.18. The van der Waals surface area contributed by atoms with Gasteiger partial charge >= 0.3 is 0 Å². The van der Waals surface area contributed by atoms with E-state index in [0.717, 1.165) is 0 Å². The molecule has 0 N–H and O–H groups in total. The summed E-state index contributed by atoms with van der Waals surface area (Å²) in [6, 6.07) is 8.44. The fraction of sp³-hybridized carbons (Fsp3) is 0.400. The van der Waals surface area contributed by atoms with Gasteiger partial charge in [0.15, 0.2) is 0 Å². The molecular formula is C10H12OS. The quantitative estimate of drug-likeness (QED) is 0.606. The van der Waals surface area contributed by atoms with Crippen LogP contribution in [0.1, 0.15) is 25.5 Å². The minimum atomic E-state index is 0.248. The zero-order chi connectivity index (χ0) is 8.55. The summed E-state index contributed by atoms with van der Waals surface area (Å²) in [5, 5.41) is 0. The monoisotopic (exact) mass is 180 g/mol. The van der Waals surface area contributed by atoms with E-state index in [2.05, 4.69) is 38.1 Å². The summed E-state index contributed by atoms with van der Waals surface area (Å²) in [6.07, 6.45) is 0.248. The highest BCUT2D eigenvalue weighted by molar-refractivity contribution is 7.99. The summed E-state index contributed by atoms with van der Waals surface area (Å²) in [4.78, 5) is 1.36. The van der Waals surface area contributed by atoms with Crippen LogP contribution in [0.2, 0.25) is 0 Å².